The molecule has 1 unspecified atom stereocenters. The molecule has 0 aliphatic rings. The monoisotopic (exact) mass is 290 g/mol. The third-order valence-corrected chi connectivity index (χ3v) is 2.50. The molecule has 0 radical (unpaired) electrons. The highest BCUT2D eigenvalue weighted by Crippen LogP contribution is 2.29. The van der Waals surface area contributed by atoms with Crippen molar-refractivity contribution < 1.29 is 27.9 Å². The van der Waals surface area contributed by atoms with Crippen molar-refractivity contribution in [2.24, 2.45) is 0 Å². The molecule has 2 N–H and O–H groups in total. The van der Waals surface area contributed by atoms with Gasteiger partial charge >= 0.3 is 12.1 Å². The van der Waals surface area contributed by atoms with Crippen LogP contribution in [-0.4, -0.2) is 28.0 Å². The Morgan fingerprint density at radius 1 is 1.45 bits per heavy atom. The van der Waals surface area contributed by atoms with E-state index in [0.29, 0.717) is 6.42 Å². The van der Waals surface area contributed by atoms with Crippen molar-refractivity contribution in [2.75, 3.05) is 0 Å². The Bertz CT molecular complexity index is 503. The molecule has 1 heterocycles. The Balaban J connectivity index is 3.01. The number of rotatable bonds is 5. The van der Waals surface area contributed by atoms with E-state index in [0.717, 1.165) is 12.3 Å². The van der Waals surface area contributed by atoms with Crippen LogP contribution in [0.1, 0.15) is 35.8 Å². The molecule has 5 nitrogen and oxygen atoms in total. The van der Waals surface area contributed by atoms with Crippen LogP contribution >= 0.6 is 0 Å². The van der Waals surface area contributed by atoms with Gasteiger partial charge in [0, 0.05) is 6.20 Å². The smallest absolute Gasteiger partial charge is 0.434 e. The first-order valence-corrected chi connectivity index (χ1v) is 5.83. The first kappa shape index (κ1) is 15.9. The minimum atomic E-state index is -4.78. The molecule has 1 atom stereocenters. The van der Waals surface area contributed by atoms with Crippen LogP contribution < -0.4 is 5.32 Å². The molecule has 1 rings (SSSR count). The maximum atomic E-state index is 12.7. The third kappa shape index (κ3) is 3.94. The number of carbonyl (C=O) groups excluding carboxylic acids is 1. The number of aromatic nitrogens is 1. The number of alkyl halides is 3. The fraction of sp³-hybridized carbons (Fsp3) is 0.417. The zero-order valence-electron chi connectivity index (χ0n) is 10.6. The minimum Gasteiger partial charge on any atom is -0.480 e. The van der Waals surface area contributed by atoms with Gasteiger partial charge in [-0.15, -0.1) is 0 Å². The summed E-state index contributed by atoms with van der Waals surface area (Å²) in [5.74, 6) is -2.40. The molecule has 1 amide bonds. The number of amides is 1. The SMILES string of the molecule is CCCC(NC(=O)c1cccnc1C(F)(F)F)C(=O)O. The van der Waals surface area contributed by atoms with E-state index >= 15 is 0 Å². The van der Waals surface area contributed by atoms with E-state index in [2.05, 4.69) is 10.3 Å². The first-order chi connectivity index (χ1) is 9.27. The molecule has 1 aromatic heterocycles. The zero-order chi connectivity index (χ0) is 15.3. The Labute approximate surface area is 112 Å². The van der Waals surface area contributed by atoms with Crippen LogP contribution in [0.5, 0.6) is 0 Å². The summed E-state index contributed by atoms with van der Waals surface area (Å²) < 4.78 is 38.1. The summed E-state index contributed by atoms with van der Waals surface area (Å²) in [4.78, 5) is 25.8. The standard InChI is InChI=1S/C12H13F3N2O3/c1-2-4-8(11(19)20)17-10(18)7-5-3-6-16-9(7)12(13,14)15/h3,5-6,8H,2,4H2,1H3,(H,17,18)(H,19,20). The maximum absolute atomic E-state index is 12.7. The molecule has 0 saturated carbocycles. The molecule has 110 valence electrons. The molecule has 0 aliphatic carbocycles. The van der Waals surface area contributed by atoms with Crippen LogP contribution in [0.3, 0.4) is 0 Å². The quantitative estimate of drug-likeness (QED) is 0.870. The molecule has 0 aromatic carbocycles. The molecule has 0 bridgehead atoms. The van der Waals surface area contributed by atoms with Crippen LogP contribution in [-0.2, 0) is 11.0 Å². The van der Waals surface area contributed by atoms with Crippen molar-refractivity contribution in [1.82, 2.24) is 10.3 Å². The van der Waals surface area contributed by atoms with Gasteiger partial charge in [0.25, 0.3) is 5.91 Å². The van der Waals surface area contributed by atoms with Crippen LogP contribution in [0.2, 0.25) is 0 Å². The van der Waals surface area contributed by atoms with E-state index in [1.165, 1.54) is 6.07 Å². The van der Waals surface area contributed by atoms with Gasteiger partial charge in [-0.3, -0.25) is 9.78 Å². The zero-order valence-corrected chi connectivity index (χ0v) is 10.6. The number of carboxylic acid groups (broad SMARTS) is 1. The minimum absolute atomic E-state index is 0.128. The highest BCUT2D eigenvalue weighted by molar-refractivity contribution is 5.97. The number of hydrogen-bond acceptors (Lipinski definition) is 3. The molecule has 0 aliphatic heterocycles. The van der Waals surface area contributed by atoms with Gasteiger partial charge in [0.15, 0.2) is 5.69 Å². The number of nitrogens with one attached hydrogen (secondary N) is 1. The highest BCUT2D eigenvalue weighted by Gasteiger charge is 2.37. The highest BCUT2D eigenvalue weighted by atomic mass is 19.4. The average molecular weight is 290 g/mol. The van der Waals surface area contributed by atoms with Crippen molar-refractivity contribution in [3.63, 3.8) is 0 Å². The topological polar surface area (TPSA) is 79.3 Å². The normalized spacial score (nSPS) is 12.8. The van der Waals surface area contributed by atoms with E-state index in [9.17, 15) is 22.8 Å². The predicted octanol–water partition coefficient (Wildman–Crippen LogP) is 2.08. The van der Waals surface area contributed by atoms with E-state index in [-0.39, 0.29) is 6.42 Å². The molecule has 8 heteroatoms. The maximum Gasteiger partial charge on any atom is 0.434 e. The van der Waals surface area contributed by atoms with E-state index in [1.54, 1.807) is 6.92 Å². The number of aliphatic carboxylic acids is 1. The van der Waals surface area contributed by atoms with E-state index in [4.69, 9.17) is 5.11 Å². The Kier molecular flexibility index (Phi) is 5.06. The molecule has 0 fully saturated rings. The van der Waals surface area contributed by atoms with Crippen molar-refractivity contribution in [1.29, 1.82) is 0 Å². The summed E-state index contributed by atoms with van der Waals surface area (Å²) in [5, 5.41) is 10.9. The van der Waals surface area contributed by atoms with Crippen LogP contribution in [0, 0.1) is 0 Å². The molecule has 0 spiro atoms. The lowest BCUT2D eigenvalue weighted by Gasteiger charge is -2.15. The molecular weight excluding hydrogens is 277 g/mol. The van der Waals surface area contributed by atoms with Gasteiger partial charge in [0.2, 0.25) is 0 Å². The lowest BCUT2D eigenvalue weighted by atomic mass is 10.1. The molecule has 0 saturated heterocycles. The number of halogens is 3. The molecular formula is C12H13F3N2O3. The number of nitrogens with zero attached hydrogens (tertiary/aromatic N) is 1. The lowest BCUT2D eigenvalue weighted by molar-refractivity contribution is -0.141. The fourth-order valence-corrected chi connectivity index (χ4v) is 1.60. The molecule has 20 heavy (non-hydrogen) atoms. The van der Waals surface area contributed by atoms with Gasteiger partial charge in [0.05, 0.1) is 5.56 Å². The third-order valence-electron chi connectivity index (χ3n) is 2.50. The van der Waals surface area contributed by atoms with Gasteiger partial charge < -0.3 is 10.4 Å². The predicted molar refractivity (Wildman–Crippen MR) is 63.0 cm³/mol. The Morgan fingerprint density at radius 3 is 2.60 bits per heavy atom. The number of pyridine rings is 1. The number of carboxylic acids is 1. The largest absolute Gasteiger partial charge is 0.480 e. The second kappa shape index (κ2) is 6.36. The number of carbonyl (C=O) groups is 2. The second-order valence-corrected chi connectivity index (χ2v) is 4.05. The summed E-state index contributed by atoms with van der Waals surface area (Å²) >= 11 is 0. The fourth-order valence-electron chi connectivity index (χ4n) is 1.60. The summed E-state index contributed by atoms with van der Waals surface area (Å²) in [7, 11) is 0. The van der Waals surface area contributed by atoms with Gasteiger partial charge in [-0.05, 0) is 18.6 Å². The average Bonchev–Trinajstić information content (AvgIpc) is 2.37. The van der Waals surface area contributed by atoms with Crippen molar-refractivity contribution in [2.45, 2.75) is 32.0 Å². The van der Waals surface area contributed by atoms with Gasteiger partial charge in [-0.2, -0.15) is 13.2 Å². The lowest BCUT2D eigenvalue weighted by Crippen LogP contribution is -2.41. The second-order valence-electron chi connectivity index (χ2n) is 4.05. The summed E-state index contributed by atoms with van der Waals surface area (Å²) in [6.07, 6.45) is -3.27. The van der Waals surface area contributed by atoms with E-state index < -0.39 is 35.4 Å². The summed E-state index contributed by atoms with van der Waals surface area (Å²) in [5.41, 5.74) is -2.03. The van der Waals surface area contributed by atoms with Gasteiger partial charge in [0.1, 0.15) is 6.04 Å². The van der Waals surface area contributed by atoms with Gasteiger partial charge in [-0.1, -0.05) is 13.3 Å². The van der Waals surface area contributed by atoms with E-state index in [1.807, 2.05) is 0 Å². The van der Waals surface area contributed by atoms with Gasteiger partial charge in [-0.25, -0.2) is 4.79 Å². The Hall–Kier alpha value is -2.12. The van der Waals surface area contributed by atoms with Crippen molar-refractivity contribution in [3.8, 4) is 0 Å². The summed E-state index contributed by atoms with van der Waals surface area (Å²) in [6, 6.07) is 0.907. The van der Waals surface area contributed by atoms with Crippen LogP contribution in [0.25, 0.3) is 0 Å². The van der Waals surface area contributed by atoms with Crippen molar-refractivity contribution in [3.05, 3.63) is 29.6 Å². The Morgan fingerprint density at radius 2 is 2.10 bits per heavy atom. The summed E-state index contributed by atoms with van der Waals surface area (Å²) in [6.45, 7) is 1.70. The van der Waals surface area contributed by atoms with Crippen LogP contribution in [0.15, 0.2) is 18.3 Å². The molecule has 1 aromatic rings. The van der Waals surface area contributed by atoms with Crippen molar-refractivity contribution >= 4 is 11.9 Å². The first-order valence-electron chi connectivity index (χ1n) is 5.83. The van der Waals surface area contributed by atoms with Crippen LogP contribution in [0.4, 0.5) is 13.2 Å². The number of hydrogen-bond donors (Lipinski definition) is 2.